The van der Waals surface area contributed by atoms with E-state index in [-0.39, 0.29) is 23.2 Å². The lowest BCUT2D eigenvalue weighted by molar-refractivity contribution is -0.384. The van der Waals surface area contributed by atoms with Crippen LogP contribution in [0.5, 0.6) is 0 Å². The van der Waals surface area contributed by atoms with E-state index in [4.69, 9.17) is 4.74 Å². The number of hydrogen-bond donors (Lipinski definition) is 1. The molecule has 122 valence electrons. The zero-order valence-electron chi connectivity index (χ0n) is 12.7. The molecule has 1 aromatic rings. The van der Waals surface area contributed by atoms with Gasteiger partial charge < -0.3 is 15.0 Å². The maximum Gasteiger partial charge on any atom is 0.270 e. The van der Waals surface area contributed by atoms with Crippen molar-refractivity contribution in [1.82, 2.24) is 10.2 Å². The van der Waals surface area contributed by atoms with Gasteiger partial charge in [-0.2, -0.15) is 0 Å². The van der Waals surface area contributed by atoms with Gasteiger partial charge in [-0.15, -0.1) is 0 Å². The molecule has 1 aliphatic rings. The van der Waals surface area contributed by atoms with Crippen molar-refractivity contribution in [2.24, 2.45) is 0 Å². The number of nitrogens with zero attached hydrogens (tertiary/aromatic N) is 2. The summed E-state index contributed by atoms with van der Waals surface area (Å²) in [5.41, 5.74) is 0.678. The highest BCUT2D eigenvalue weighted by Crippen LogP contribution is 2.15. The molecule has 23 heavy (non-hydrogen) atoms. The van der Waals surface area contributed by atoms with Crippen LogP contribution in [-0.2, 0) is 14.3 Å². The number of nitro groups is 1. The number of nitro benzene ring substituents is 1. The predicted molar refractivity (Wildman–Crippen MR) is 82.3 cm³/mol. The van der Waals surface area contributed by atoms with Crippen LogP contribution in [0.15, 0.2) is 30.0 Å². The average Bonchev–Trinajstić information content (AvgIpc) is 2.54. The monoisotopic (exact) mass is 319 g/mol. The molecule has 1 saturated heterocycles. The zero-order chi connectivity index (χ0) is 16.8. The largest absolute Gasteiger partial charge is 0.378 e. The fourth-order valence-electron chi connectivity index (χ4n) is 2.14. The van der Waals surface area contributed by atoms with Crippen LogP contribution < -0.4 is 5.32 Å². The summed E-state index contributed by atoms with van der Waals surface area (Å²) >= 11 is 0. The topological polar surface area (TPSA) is 102 Å². The quantitative estimate of drug-likeness (QED) is 0.505. The van der Waals surface area contributed by atoms with Crippen molar-refractivity contribution in [1.29, 1.82) is 0 Å². The Labute approximate surface area is 132 Å². The third kappa shape index (κ3) is 4.62. The second-order valence-electron chi connectivity index (χ2n) is 4.99. The molecule has 1 aromatic carbocycles. The molecular formula is C15H17N3O5. The van der Waals surface area contributed by atoms with Crippen molar-refractivity contribution in [3.63, 3.8) is 0 Å². The molecule has 8 nitrogen and oxygen atoms in total. The Morgan fingerprint density at radius 3 is 2.39 bits per heavy atom. The summed E-state index contributed by atoms with van der Waals surface area (Å²) in [6.45, 7) is 3.13. The van der Waals surface area contributed by atoms with Gasteiger partial charge in [0.25, 0.3) is 11.6 Å². The lowest BCUT2D eigenvalue weighted by atomic mass is 10.1. The molecule has 1 heterocycles. The smallest absolute Gasteiger partial charge is 0.270 e. The van der Waals surface area contributed by atoms with Crippen LogP contribution in [0.3, 0.4) is 0 Å². The minimum absolute atomic E-state index is 0.0391. The summed E-state index contributed by atoms with van der Waals surface area (Å²) in [7, 11) is 0. The number of morpholine rings is 1. The number of amides is 2. The highest BCUT2D eigenvalue weighted by Gasteiger charge is 2.21. The molecule has 0 atom stereocenters. The second kappa shape index (κ2) is 7.50. The van der Waals surface area contributed by atoms with E-state index in [0.717, 1.165) is 0 Å². The number of carbonyl (C=O) groups excluding carboxylic acids is 2. The highest BCUT2D eigenvalue weighted by atomic mass is 16.6. The van der Waals surface area contributed by atoms with Gasteiger partial charge in [-0.05, 0) is 23.8 Å². The lowest BCUT2D eigenvalue weighted by Crippen LogP contribution is -2.44. The van der Waals surface area contributed by atoms with E-state index in [1.807, 2.05) is 0 Å². The fourth-order valence-corrected chi connectivity index (χ4v) is 2.14. The third-order valence-corrected chi connectivity index (χ3v) is 3.25. The molecule has 0 aliphatic carbocycles. The number of non-ortho nitro benzene ring substituents is 1. The van der Waals surface area contributed by atoms with Crippen molar-refractivity contribution in [2.45, 2.75) is 6.92 Å². The summed E-state index contributed by atoms with van der Waals surface area (Å²) < 4.78 is 5.20. The molecule has 0 saturated carbocycles. The predicted octanol–water partition coefficient (Wildman–Crippen LogP) is 0.931. The molecule has 0 bridgehead atoms. The summed E-state index contributed by atoms with van der Waals surface area (Å²) in [5, 5.41) is 13.2. The van der Waals surface area contributed by atoms with E-state index >= 15 is 0 Å². The van der Waals surface area contributed by atoms with E-state index in [9.17, 15) is 19.7 Å². The highest BCUT2D eigenvalue weighted by molar-refractivity contribution is 6.01. The molecule has 1 aliphatic heterocycles. The number of carbonyl (C=O) groups is 2. The van der Waals surface area contributed by atoms with Gasteiger partial charge >= 0.3 is 0 Å². The SMILES string of the molecule is CC(=O)NC(=Cc1ccc([N+](=O)[O-])cc1)C(=O)N1CCOCC1. The Morgan fingerprint density at radius 2 is 1.87 bits per heavy atom. The van der Waals surface area contributed by atoms with Gasteiger partial charge in [0.2, 0.25) is 5.91 Å². The average molecular weight is 319 g/mol. The Balaban J connectivity index is 2.23. The van der Waals surface area contributed by atoms with Crippen LogP contribution in [0.1, 0.15) is 12.5 Å². The van der Waals surface area contributed by atoms with E-state index in [1.165, 1.54) is 37.3 Å². The van der Waals surface area contributed by atoms with Crippen molar-refractivity contribution >= 4 is 23.6 Å². The van der Waals surface area contributed by atoms with Gasteiger partial charge in [0.05, 0.1) is 18.1 Å². The van der Waals surface area contributed by atoms with Gasteiger partial charge in [-0.3, -0.25) is 19.7 Å². The first-order valence-electron chi connectivity index (χ1n) is 7.08. The van der Waals surface area contributed by atoms with Crippen LogP contribution in [-0.4, -0.2) is 47.9 Å². The van der Waals surface area contributed by atoms with E-state index in [0.29, 0.717) is 31.9 Å². The maximum atomic E-state index is 12.5. The van der Waals surface area contributed by atoms with Gasteiger partial charge in [0.15, 0.2) is 0 Å². The standard InChI is InChI=1S/C15H17N3O5/c1-11(19)16-14(15(20)17-6-8-23-9-7-17)10-12-2-4-13(5-3-12)18(21)22/h2-5,10H,6-9H2,1H3,(H,16,19). The Kier molecular flexibility index (Phi) is 5.42. The number of benzene rings is 1. The van der Waals surface area contributed by atoms with Crippen LogP contribution in [0.4, 0.5) is 5.69 Å². The Bertz CT molecular complexity index is 633. The van der Waals surface area contributed by atoms with Gasteiger partial charge in [0.1, 0.15) is 5.70 Å². The lowest BCUT2D eigenvalue weighted by Gasteiger charge is -2.27. The third-order valence-electron chi connectivity index (χ3n) is 3.25. The first-order chi connectivity index (χ1) is 11.0. The molecule has 0 radical (unpaired) electrons. The molecule has 0 aromatic heterocycles. The molecular weight excluding hydrogens is 302 g/mol. The maximum absolute atomic E-state index is 12.5. The van der Waals surface area contributed by atoms with Gasteiger partial charge in [-0.25, -0.2) is 0 Å². The molecule has 1 fully saturated rings. The zero-order valence-corrected chi connectivity index (χ0v) is 12.7. The van der Waals surface area contributed by atoms with E-state index in [1.54, 1.807) is 4.90 Å². The fraction of sp³-hybridized carbons (Fsp3) is 0.333. The minimum atomic E-state index is -0.499. The summed E-state index contributed by atoms with van der Waals surface area (Å²) in [6.07, 6.45) is 1.50. The summed E-state index contributed by atoms with van der Waals surface area (Å²) in [4.78, 5) is 35.6. The van der Waals surface area contributed by atoms with Crippen molar-refractivity contribution in [3.05, 3.63) is 45.6 Å². The molecule has 2 rings (SSSR count). The number of nitrogens with one attached hydrogen (secondary N) is 1. The molecule has 2 amide bonds. The van der Waals surface area contributed by atoms with Crippen LogP contribution in [0, 0.1) is 10.1 Å². The van der Waals surface area contributed by atoms with Crippen LogP contribution >= 0.6 is 0 Å². The Hall–Kier alpha value is -2.74. The number of rotatable bonds is 4. The number of ether oxygens (including phenoxy) is 1. The first kappa shape index (κ1) is 16.6. The Morgan fingerprint density at radius 1 is 1.26 bits per heavy atom. The van der Waals surface area contributed by atoms with Gasteiger partial charge in [-0.1, -0.05) is 0 Å². The molecule has 1 N–H and O–H groups in total. The second-order valence-corrected chi connectivity index (χ2v) is 4.99. The first-order valence-corrected chi connectivity index (χ1v) is 7.08. The van der Waals surface area contributed by atoms with Crippen molar-refractivity contribution < 1.29 is 19.2 Å². The number of hydrogen-bond acceptors (Lipinski definition) is 5. The molecule has 0 unspecified atom stereocenters. The van der Waals surface area contributed by atoms with Crippen LogP contribution in [0.25, 0.3) is 6.08 Å². The van der Waals surface area contributed by atoms with Gasteiger partial charge in [0, 0.05) is 32.1 Å². The van der Waals surface area contributed by atoms with E-state index < -0.39 is 4.92 Å². The van der Waals surface area contributed by atoms with Crippen LogP contribution in [0.2, 0.25) is 0 Å². The summed E-state index contributed by atoms with van der Waals surface area (Å²) in [5.74, 6) is -0.665. The van der Waals surface area contributed by atoms with Crippen molar-refractivity contribution in [3.8, 4) is 0 Å². The summed E-state index contributed by atoms with van der Waals surface area (Å²) in [6, 6.07) is 5.73. The molecule has 8 heteroatoms. The molecule has 0 spiro atoms. The normalized spacial score (nSPS) is 15.2. The van der Waals surface area contributed by atoms with Crippen molar-refractivity contribution in [2.75, 3.05) is 26.3 Å². The van der Waals surface area contributed by atoms with E-state index in [2.05, 4.69) is 5.32 Å². The minimum Gasteiger partial charge on any atom is -0.378 e.